The van der Waals surface area contributed by atoms with Crippen LogP contribution in [0.4, 0.5) is 0 Å². The van der Waals surface area contributed by atoms with Crippen molar-refractivity contribution in [3.05, 3.63) is 23.9 Å². The van der Waals surface area contributed by atoms with Crippen molar-refractivity contribution in [1.82, 2.24) is 10.3 Å². The molecule has 1 heterocycles. The molecule has 3 heteroatoms. The van der Waals surface area contributed by atoms with Crippen LogP contribution in [0.5, 0.6) is 5.88 Å². The molecule has 0 saturated heterocycles. The maximum Gasteiger partial charge on any atom is 0.213 e. The number of methoxy groups -OCH3 is 1. The summed E-state index contributed by atoms with van der Waals surface area (Å²) in [7, 11) is 1.65. The molecule has 2 unspecified atom stereocenters. The van der Waals surface area contributed by atoms with Crippen LogP contribution in [-0.4, -0.2) is 18.1 Å². The highest BCUT2D eigenvalue weighted by Crippen LogP contribution is 2.25. The van der Waals surface area contributed by atoms with Gasteiger partial charge in [0.1, 0.15) is 0 Å². The van der Waals surface area contributed by atoms with E-state index in [2.05, 4.69) is 17.2 Å². The zero-order valence-electron chi connectivity index (χ0n) is 10.1. The van der Waals surface area contributed by atoms with Gasteiger partial charge < -0.3 is 10.1 Å². The molecule has 1 aromatic rings. The summed E-state index contributed by atoms with van der Waals surface area (Å²) in [6, 6.07) is 4.71. The van der Waals surface area contributed by atoms with Gasteiger partial charge in [-0.2, -0.15) is 0 Å². The van der Waals surface area contributed by atoms with Gasteiger partial charge in [0.15, 0.2) is 0 Å². The molecular weight excluding hydrogens is 200 g/mol. The molecule has 0 radical (unpaired) electrons. The van der Waals surface area contributed by atoms with E-state index in [0.29, 0.717) is 11.9 Å². The van der Waals surface area contributed by atoms with E-state index in [1.807, 2.05) is 12.1 Å². The van der Waals surface area contributed by atoms with Crippen LogP contribution in [-0.2, 0) is 6.54 Å². The Bertz CT molecular complexity index is 340. The lowest BCUT2D eigenvalue weighted by atomic mass is 10.1. The summed E-state index contributed by atoms with van der Waals surface area (Å²) in [5.74, 6) is 1.50. The van der Waals surface area contributed by atoms with Gasteiger partial charge in [0.05, 0.1) is 7.11 Å². The molecule has 2 rings (SSSR count). The zero-order chi connectivity index (χ0) is 11.4. The van der Waals surface area contributed by atoms with Gasteiger partial charge in [0, 0.05) is 24.8 Å². The van der Waals surface area contributed by atoms with Gasteiger partial charge in [0.2, 0.25) is 5.88 Å². The molecule has 1 aromatic heterocycles. The number of pyridine rings is 1. The molecule has 88 valence electrons. The third-order valence-electron chi connectivity index (χ3n) is 3.44. The number of ether oxygens (including phenoxy) is 1. The minimum atomic E-state index is 0.680. The molecule has 1 aliphatic rings. The van der Waals surface area contributed by atoms with Crippen molar-refractivity contribution in [2.24, 2.45) is 5.92 Å². The highest BCUT2D eigenvalue weighted by molar-refractivity contribution is 5.20. The van der Waals surface area contributed by atoms with Crippen LogP contribution in [0, 0.1) is 5.92 Å². The Morgan fingerprint density at radius 2 is 2.38 bits per heavy atom. The first-order chi connectivity index (χ1) is 7.79. The normalized spacial score (nSPS) is 24.6. The lowest BCUT2D eigenvalue weighted by molar-refractivity contribution is 0.395. The Morgan fingerprint density at radius 1 is 1.50 bits per heavy atom. The van der Waals surface area contributed by atoms with Crippen molar-refractivity contribution in [2.45, 2.75) is 38.8 Å². The lowest BCUT2D eigenvalue weighted by Crippen LogP contribution is -2.30. The van der Waals surface area contributed by atoms with Crippen molar-refractivity contribution in [3.63, 3.8) is 0 Å². The number of rotatable bonds is 4. The molecule has 1 aliphatic carbocycles. The molecular formula is C13H20N2O. The maximum atomic E-state index is 5.11. The summed E-state index contributed by atoms with van der Waals surface area (Å²) in [6.45, 7) is 3.24. The Kier molecular flexibility index (Phi) is 3.78. The Balaban J connectivity index is 1.88. The third-order valence-corrected chi connectivity index (χ3v) is 3.44. The van der Waals surface area contributed by atoms with Gasteiger partial charge in [-0.25, -0.2) is 4.98 Å². The SMILES string of the molecule is COc1cc(CNC2CCCC2C)ccn1. The van der Waals surface area contributed by atoms with Gasteiger partial charge in [-0.1, -0.05) is 13.3 Å². The van der Waals surface area contributed by atoms with Crippen LogP contribution in [0.25, 0.3) is 0 Å². The summed E-state index contributed by atoms with van der Waals surface area (Å²) < 4.78 is 5.11. The molecule has 0 aromatic carbocycles. The van der Waals surface area contributed by atoms with E-state index < -0.39 is 0 Å². The number of aromatic nitrogens is 1. The highest BCUT2D eigenvalue weighted by Gasteiger charge is 2.22. The minimum Gasteiger partial charge on any atom is -0.481 e. The number of hydrogen-bond donors (Lipinski definition) is 1. The number of hydrogen-bond acceptors (Lipinski definition) is 3. The summed E-state index contributed by atoms with van der Waals surface area (Å²) in [6.07, 6.45) is 5.83. The Hall–Kier alpha value is -1.09. The van der Waals surface area contributed by atoms with Crippen LogP contribution >= 0.6 is 0 Å². The summed E-state index contributed by atoms with van der Waals surface area (Å²) in [5.41, 5.74) is 1.24. The molecule has 1 saturated carbocycles. The summed E-state index contributed by atoms with van der Waals surface area (Å²) >= 11 is 0. The molecule has 16 heavy (non-hydrogen) atoms. The fourth-order valence-corrected chi connectivity index (χ4v) is 2.37. The van der Waals surface area contributed by atoms with Crippen LogP contribution in [0.15, 0.2) is 18.3 Å². The fraction of sp³-hybridized carbons (Fsp3) is 0.615. The van der Waals surface area contributed by atoms with E-state index in [0.717, 1.165) is 12.5 Å². The fourth-order valence-electron chi connectivity index (χ4n) is 2.37. The second-order valence-corrected chi connectivity index (χ2v) is 4.60. The average molecular weight is 220 g/mol. The molecule has 1 N–H and O–H groups in total. The highest BCUT2D eigenvalue weighted by atomic mass is 16.5. The first-order valence-electron chi connectivity index (χ1n) is 6.02. The van der Waals surface area contributed by atoms with Gasteiger partial charge >= 0.3 is 0 Å². The topological polar surface area (TPSA) is 34.1 Å². The van der Waals surface area contributed by atoms with E-state index in [1.165, 1.54) is 24.8 Å². The van der Waals surface area contributed by atoms with Crippen LogP contribution in [0.2, 0.25) is 0 Å². The van der Waals surface area contributed by atoms with Crippen LogP contribution in [0.1, 0.15) is 31.7 Å². The van der Waals surface area contributed by atoms with E-state index >= 15 is 0 Å². The van der Waals surface area contributed by atoms with E-state index in [4.69, 9.17) is 4.74 Å². The first kappa shape index (κ1) is 11.4. The quantitative estimate of drug-likeness (QED) is 0.846. The standard InChI is InChI=1S/C13H20N2O/c1-10-4-3-5-12(10)15-9-11-6-7-14-13(8-11)16-2/h6-8,10,12,15H,3-5,9H2,1-2H3. The Morgan fingerprint density at radius 3 is 3.06 bits per heavy atom. The van der Waals surface area contributed by atoms with Gasteiger partial charge in [-0.15, -0.1) is 0 Å². The van der Waals surface area contributed by atoms with Crippen molar-refractivity contribution in [1.29, 1.82) is 0 Å². The van der Waals surface area contributed by atoms with Crippen LogP contribution in [0.3, 0.4) is 0 Å². The molecule has 3 nitrogen and oxygen atoms in total. The third kappa shape index (κ3) is 2.73. The molecule has 0 amide bonds. The van der Waals surface area contributed by atoms with Crippen molar-refractivity contribution in [3.8, 4) is 5.88 Å². The Labute approximate surface area is 97.2 Å². The monoisotopic (exact) mass is 220 g/mol. The van der Waals surface area contributed by atoms with E-state index in [9.17, 15) is 0 Å². The zero-order valence-corrected chi connectivity index (χ0v) is 10.1. The molecule has 0 bridgehead atoms. The molecule has 1 fully saturated rings. The van der Waals surface area contributed by atoms with Gasteiger partial charge in [0.25, 0.3) is 0 Å². The van der Waals surface area contributed by atoms with Crippen molar-refractivity contribution >= 4 is 0 Å². The smallest absolute Gasteiger partial charge is 0.213 e. The largest absolute Gasteiger partial charge is 0.481 e. The predicted octanol–water partition coefficient (Wildman–Crippen LogP) is 2.37. The minimum absolute atomic E-state index is 0.680. The summed E-state index contributed by atoms with van der Waals surface area (Å²) in [4.78, 5) is 4.10. The van der Waals surface area contributed by atoms with E-state index in [-0.39, 0.29) is 0 Å². The molecule has 2 atom stereocenters. The molecule has 0 aliphatic heterocycles. The average Bonchev–Trinajstić information content (AvgIpc) is 2.72. The lowest BCUT2D eigenvalue weighted by Gasteiger charge is -2.17. The first-order valence-corrected chi connectivity index (χ1v) is 6.02. The van der Waals surface area contributed by atoms with Crippen LogP contribution < -0.4 is 10.1 Å². The second kappa shape index (κ2) is 5.30. The van der Waals surface area contributed by atoms with Crippen molar-refractivity contribution in [2.75, 3.05) is 7.11 Å². The van der Waals surface area contributed by atoms with E-state index in [1.54, 1.807) is 13.3 Å². The van der Waals surface area contributed by atoms with Crippen molar-refractivity contribution < 1.29 is 4.74 Å². The predicted molar refractivity (Wildman–Crippen MR) is 64.4 cm³/mol. The molecule has 0 spiro atoms. The number of nitrogens with zero attached hydrogens (tertiary/aromatic N) is 1. The number of nitrogens with one attached hydrogen (secondary N) is 1. The second-order valence-electron chi connectivity index (χ2n) is 4.60. The van der Waals surface area contributed by atoms with Gasteiger partial charge in [-0.3, -0.25) is 0 Å². The maximum absolute atomic E-state index is 5.11. The van der Waals surface area contributed by atoms with Gasteiger partial charge in [-0.05, 0) is 30.4 Å². The summed E-state index contributed by atoms with van der Waals surface area (Å²) in [5, 5.41) is 3.62.